The van der Waals surface area contributed by atoms with E-state index in [0.29, 0.717) is 0 Å². The van der Waals surface area contributed by atoms with Crippen molar-refractivity contribution in [2.24, 2.45) is 0 Å². The fourth-order valence-corrected chi connectivity index (χ4v) is 3.40. The number of hydrogen-bond acceptors (Lipinski definition) is 11. The zero-order valence-corrected chi connectivity index (χ0v) is 25.2. The van der Waals surface area contributed by atoms with Crippen LogP contribution in [0.2, 0.25) is 0 Å². The van der Waals surface area contributed by atoms with E-state index in [9.17, 15) is 6.80 Å². The third kappa shape index (κ3) is 35.0. The van der Waals surface area contributed by atoms with Gasteiger partial charge >= 0.3 is 46.7 Å². The summed E-state index contributed by atoms with van der Waals surface area (Å²) in [6.07, 6.45) is 0. The first-order valence-electron chi connectivity index (χ1n) is 9.14. The van der Waals surface area contributed by atoms with Crippen LogP contribution >= 0.6 is 0 Å². The van der Waals surface area contributed by atoms with Crippen molar-refractivity contribution in [3.05, 3.63) is 0 Å². The molecule has 0 saturated heterocycles. The molecule has 0 atom stereocenters. The van der Waals surface area contributed by atoms with Crippen LogP contribution in [0.4, 0.5) is 0 Å². The summed E-state index contributed by atoms with van der Waals surface area (Å²) in [6, 6.07) is 0. The second kappa shape index (κ2) is 30.2. The molecule has 0 fully saturated rings. The van der Waals surface area contributed by atoms with Crippen molar-refractivity contribution in [2.75, 3.05) is 104 Å². The number of hydrogen-bond donors (Lipinski definition) is 0. The Bertz CT molecular complexity index is 303. The van der Waals surface area contributed by atoms with Crippen molar-refractivity contribution in [3.63, 3.8) is 0 Å². The van der Waals surface area contributed by atoms with E-state index in [-0.39, 0.29) is 0 Å². The average molecular weight is 653 g/mol. The van der Waals surface area contributed by atoms with Crippen LogP contribution in [0.3, 0.4) is 0 Å². The van der Waals surface area contributed by atoms with Gasteiger partial charge in [-0.05, 0) is 54.4 Å². The van der Waals surface area contributed by atoms with Crippen LogP contribution in [0, 0.1) is 0 Å². The molecule has 0 unspecified atom stereocenters. The molecule has 0 spiro atoms. The molecule has 13 heteroatoms. The summed E-state index contributed by atoms with van der Waals surface area (Å²) in [4.78, 5) is 9.03. The minimum absolute atomic E-state index is 0.821. The van der Waals surface area contributed by atoms with Gasteiger partial charge in [0.2, 0.25) is 0 Å². The third-order valence-corrected chi connectivity index (χ3v) is 6.29. The molecule has 0 aromatic heterocycles. The Morgan fingerprint density at radius 2 is 0.724 bits per heavy atom. The van der Waals surface area contributed by atoms with Crippen molar-refractivity contribution >= 4 is 50.5 Å². The van der Waals surface area contributed by atoms with Gasteiger partial charge in [-0.2, -0.15) is 23.0 Å². The van der Waals surface area contributed by atoms with Gasteiger partial charge in [0.15, 0.2) is 0 Å². The van der Waals surface area contributed by atoms with E-state index in [0.717, 1.165) is 75.4 Å². The Labute approximate surface area is 218 Å². The van der Waals surface area contributed by atoms with Crippen LogP contribution in [0.25, 0.3) is 0 Å². The monoisotopic (exact) mass is 656 g/mol. The predicted octanol–water partition coefficient (Wildman–Crippen LogP) is -0.423. The summed E-state index contributed by atoms with van der Waals surface area (Å²) in [6.45, 7) is 8.39. The zero-order chi connectivity index (χ0) is 22.9. The quantitative estimate of drug-likeness (QED) is 0.162. The molecule has 0 aliphatic carbocycles. The molecule has 0 aliphatic heterocycles. The van der Waals surface area contributed by atoms with E-state index in [2.05, 4.69) is 49.8 Å². The summed E-state index contributed by atoms with van der Waals surface area (Å²) in [5.74, 6) is 3.28. The van der Waals surface area contributed by atoms with Crippen LogP contribution < -0.4 is 0 Å². The molecule has 0 rings (SSSR count). The fraction of sp³-hybridized carbons (Fsp3) is 1.00. The van der Waals surface area contributed by atoms with Gasteiger partial charge in [-0.15, -0.1) is 0 Å². The first-order chi connectivity index (χ1) is 13.8. The second-order valence-electron chi connectivity index (χ2n) is 6.23. The van der Waals surface area contributed by atoms with Gasteiger partial charge in [0.05, 0.1) is 0 Å². The standard InChI is InChI=1S/2C8H20N2S2.2Mo.3O/c2*1-9(5-7-11)3-4-10(2)6-8-12;;;;;/h2*11-12H,3-8H2,1-2H3;;;;;/p-4. The van der Waals surface area contributed by atoms with E-state index in [1.807, 2.05) is 0 Å². The number of nitrogens with zero attached hydrogens (tertiary/aromatic N) is 4. The Morgan fingerprint density at radius 3 is 0.828 bits per heavy atom. The van der Waals surface area contributed by atoms with Gasteiger partial charge < -0.3 is 70.1 Å². The summed E-state index contributed by atoms with van der Waals surface area (Å²) in [7, 11) is 8.42. The maximum absolute atomic E-state index is 9.27. The Morgan fingerprint density at radius 1 is 0.517 bits per heavy atom. The van der Waals surface area contributed by atoms with E-state index in [4.69, 9.17) is 50.5 Å². The van der Waals surface area contributed by atoms with E-state index >= 15 is 0 Å². The molecule has 0 amide bonds. The summed E-state index contributed by atoms with van der Waals surface area (Å²) in [5, 5.41) is 0. The topological polar surface area (TPSA) is 56.3 Å². The Kier molecular flexibility index (Phi) is 37.2. The minimum atomic E-state index is -1.53. The summed E-state index contributed by atoms with van der Waals surface area (Å²) < 4.78 is 22.5. The van der Waals surface area contributed by atoms with Gasteiger partial charge in [0.1, 0.15) is 0 Å². The summed E-state index contributed by atoms with van der Waals surface area (Å²) in [5.41, 5.74) is 0. The molecular weight excluding hydrogens is 616 g/mol. The van der Waals surface area contributed by atoms with Crippen LogP contribution in [0.5, 0.6) is 0 Å². The Balaban J connectivity index is -0.000000380. The maximum atomic E-state index is 9.27. The molecule has 0 N–H and O–H groups in total. The Hall–Kier alpha value is 2.18. The molecule has 178 valence electrons. The molecule has 7 nitrogen and oxygen atoms in total. The summed E-state index contributed by atoms with van der Waals surface area (Å²) >= 11 is 16.5. The van der Waals surface area contributed by atoms with Gasteiger partial charge in [0, 0.05) is 26.2 Å². The molecule has 29 heavy (non-hydrogen) atoms. The van der Waals surface area contributed by atoms with E-state index < -0.39 is 37.8 Å². The third-order valence-electron chi connectivity index (χ3n) is 3.67. The molecule has 0 bridgehead atoms. The van der Waals surface area contributed by atoms with Crippen molar-refractivity contribution < 1.29 is 46.7 Å². The average Bonchev–Trinajstić information content (AvgIpc) is 2.67. The first kappa shape index (κ1) is 35.8. The van der Waals surface area contributed by atoms with Crippen LogP contribution in [0.15, 0.2) is 0 Å². The zero-order valence-electron chi connectivity index (χ0n) is 17.9. The molecule has 0 heterocycles. The normalized spacial score (nSPS) is 10.6. The number of rotatable bonds is 16. The molecule has 0 saturated carbocycles. The van der Waals surface area contributed by atoms with Crippen LogP contribution in [-0.2, 0) is 97.2 Å². The first-order valence-corrected chi connectivity index (χ1v) is 14.7. The second-order valence-corrected chi connectivity index (χ2v) is 10.8. The van der Waals surface area contributed by atoms with Crippen molar-refractivity contribution in [1.29, 1.82) is 0 Å². The van der Waals surface area contributed by atoms with E-state index in [1.165, 1.54) is 0 Å². The van der Waals surface area contributed by atoms with Crippen LogP contribution in [-0.4, -0.2) is 123 Å². The molecule has 0 aromatic rings. The number of likely N-dealkylation sites (N-methyl/N-ethyl adjacent to an activating group) is 4. The SMILES string of the molecule is CN(CC[S-])CCN(C)CC[S-].CN(CC[S-])CCN(C)CC[S-].[O]=[Mo][O][Mo]=[O]. The fourth-order valence-electron chi connectivity index (χ4n) is 1.76. The van der Waals surface area contributed by atoms with Gasteiger partial charge in [-0.1, -0.05) is 0 Å². The van der Waals surface area contributed by atoms with Crippen molar-refractivity contribution in [3.8, 4) is 0 Å². The van der Waals surface area contributed by atoms with E-state index in [1.54, 1.807) is 0 Å². The van der Waals surface area contributed by atoms with Crippen molar-refractivity contribution in [2.45, 2.75) is 0 Å². The molecule has 0 aliphatic rings. The van der Waals surface area contributed by atoms with Gasteiger partial charge in [-0.25, -0.2) is 0 Å². The van der Waals surface area contributed by atoms with Crippen LogP contribution in [0.1, 0.15) is 0 Å². The molecular formula is C16H36Mo2N4O3S4-4. The molecule has 0 radical (unpaired) electrons. The van der Waals surface area contributed by atoms with Gasteiger partial charge in [0.25, 0.3) is 0 Å². The van der Waals surface area contributed by atoms with Gasteiger partial charge in [-0.3, -0.25) is 0 Å². The molecule has 0 aromatic carbocycles. The predicted molar refractivity (Wildman–Crippen MR) is 121 cm³/mol. The van der Waals surface area contributed by atoms with Crippen molar-refractivity contribution in [1.82, 2.24) is 19.6 Å².